The van der Waals surface area contributed by atoms with Crippen molar-refractivity contribution >= 4 is 22.3 Å². The van der Waals surface area contributed by atoms with Gasteiger partial charge in [0, 0.05) is 44.1 Å². The van der Waals surface area contributed by atoms with E-state index >= 15 is 0 Å². The van der Waals surface area contributed by atoms with Crippen molar-refractivity contribution in [1.29, 1.82) is 0 Å². The number of piperidine rings is 2. The molecule has 1 aromatic heterocycles. The predicted molar refractivity (Wildman–Crippen MR) is 186 cm³/mol. The second kappa shape index (κ2) is 18.0. The molecular formula is C36H58N4O7S. The molecule has 4 rings (SSSR count). The van der Waals surface area contributed by atoms with Crippen molar-refractivity contribution in [2.45, 2.75) is 147 Å². The average Bonchev–Trinajstić information content (AvgIpc) is 3.52. The van der Waals surface area contributed by atoms with E-state index in [4.69, 9.17) is 13.7 Å². The Labute approximate surface area is 288 Å². The van der Waals surface area contributed by atoms with E-state index in [0.717, 1.165) is 63.6 Å². The topological polar surface area (TPSA) is 120 Å². The zero-order valence-electron chi connectivity index (χ0n) is 30.2. The van der Waals surface area contributed by atoms with Gasteiger partial charge in [0.05, 0.1) is 17.8 Å². The number of ether oxygens (including phenoxy) is 2. The lowest BCUT2D eigenvalue weighted by Crippen LogP contribution is -2.46. The Kier molecular flexibility index (Phi) is 14.8. The van der Waals surface area contributed by atoms with Crippen molar-refractivity contribution in [2.24, 2.45) is 0 Å². The Hall–Kier alpha value is -3.12. The lowest BCUT2D eigenvalue weighted by atomic mass is 9.98. The van der Waals surface area contributed by atoms with Crippen LogP contribution in [-0.4, -0.2) is 82.9 Å². The van der Waals surface area contributed by atoms with Gasteiger partial charge in [0.15, 0.2) is 0 Å². The minimum Gasteiger partial charge on any atom is -0.444 e. The van der Waals surface area contributed by atoms with Gasteiger partial charge < -0.3 is 23.8 Å². The number of hydrogen-bond donors (Lipinski definition) is 0. The van der Waals surface area contributed by atoms with Gasteiger partial charge in [-0.3, -0.25) is 4.18 Å². The van der Waals surface area contributed by atoms with Crippen LogP contribution in [0.2, 0.25) is 0 Å². The third-order valence-electron chi connectivity index (χ3n) is 8.25. The Morgan fingerprint density at radius 1 is 0.812 bits per heavy atom. The maximum Gasteiger partial charge on any atom is 0.410 e. The van der Waals surface area contributed by atoms with Crippen LogP contribution in [0.5, 0.6) is 0 Å². The van der Waals surface area contributed by atoms with Gasteiger partial charge in [-0.2, -0.15) is 8.42 Å². The van der Waals surface area contributed by atoms with Gasteiger partial charge in [-0.05, 0) is 125 Å². The van der Waals surface area contributed by atoms with Crippen LogP contribution in [0.15, 0.2) is 47.9 Å². The Morgan fingerprint density at radius 3 is 1.81 bits per heavy atom. The fourth-order valence-corrected chi connectivity index (χ4v) is 6.86. The number of benzene rings is 1. The Balaban J connectivity index is 0.000000269. The van der Waals surface area contributed by atoms with E-state index in [1.165, 1.54) is 6.42 Å². The first-order chi connectivity index (χ1) is 22.5. The van der Waals surface area contributed by atoms with Crippen LogP contribution in [0, 0.1) is 6.92 Å². The van der Waals surface area contributed by atoms with Gasteiger partial charge in [0.1, 0.15) is 11.2 Å². The monoisotopic (exact) mass is 690 g/mol. The highest BCUT2D eigenvalue weighted by Crippen LogP contribution is 2.25. The molecule has 0 N–H and O–H groups in total. The van der Waals surface area contributed by atoms with Gasteiger partial charge in [0.25, 0.3) is 10.1 Å². The number of aryl methyl sites for hydroxylation is 2. The number of imidazole rings is 1. The number of likely N-dealkylation sites (tertiary alicyclic amines) is 2. The van der Waals surface area contributed by atoms with E-state index in [2.05, 4.69) is 9.55 Å². The maximum absolute atomic E-state index is 12.4. The molecular weight excluding hydrogens is 632 g/mol. The first-order valence-corrected chi connectivity index (χ1v) is 18.9. The molecule has 0 radical (unpaired) electrons. The molecule has 1 aromatic carbocycles. The summed E-state index contributed by atoms with van der Waals surface area (Å²) in [5.41, 5.74) is 0.0497. The molecule has 2 unspecified atom stereocenters. The van der Waals surface area contributed by atoms with E-state index in [1.807, 2.05) is 65.9 Å². The van der Waals surface area contributed by atoms with E-state index in [-0.39, 0.29) is 29.7 Å². The fraction of sp³-hybridized carbons (Fsp3) is 0.694. The quantitative estimate of drug-likeness (QED) is 0.184. The molecule has 11 nitrogen and oxygen atoms in total. The number of aromatic nitrogens is 2. The minimum atomic E-state index is -3.74. The highest BCUT2D eigenvalue weighted by atomic mass is 32.2. The average molecular weight is 691 g/mol. The fourth-order valence-electron chi connectivity index (χ4n) is 5.91. The molecule has 2 saturated heterocycles. The number of nitrogens with zero attached hydrogens (tertiary/aromatic N) is 4. The summed E-state index contributed by atoms with van der Waals surface area (Å²) in [5, 5.41) is 0. The third kappa shape index (κ3) is 13.8. The van der Waals surface area contributed by atoms with Crippen LogP contribution in [0.3, 0.4) is 0 Å². The summed E-state index contributed by atoms with van der Waals surface area (Å²) in [4.78, 5) is 32.6. The minimum absolute atomic E-state index is 0.0688. The summed E-state index contributed by atoms with van der Waals surface area (Å²) in [7, 11) is -3.74. The molecule has 48 heavy (non-hydrogen) atoms. The number of carbonyl (C=O) groups excluding carboxylic acids is 2. The van der Waals surface area contributed by atoms with E-state index in [1.54, 1.807) is 35.4 Å². The number of hydrogen-bond acceptors (Lipinski definition) is 8. The van der Waals surface area contributed by atoms with Crippen LogP contribution >= 0.6 is 0 Å². The number of rotatable bonds is 10. The SMILES string of the molecule is CC(C)(C)OC(=O)N1CCCCC1CCCn1ccnc1.Cc1ccc(S(=O)(=O)OCCCC2CCCCN2C(=O)OC(C)(C)C)cc1. The van der Waals surface area contributed by atoms with E-state index < -0.39 is 21.3 Å². The zero-order valence-corrected chi connectivity index (χ0v) is 31.0. The first kappa shape index (κ1) is 39.3. The summed E-state index contributed by atoms with van der Waals surface area (Å²) in [6.45, 7) is 15.8. The Bertz CT molecular complexity index is 1370. The summed E-state index contributed by atoms with van der Waals surface area (Å²) < 4.78 is 42.7. The molecule has 2 aliphatic rings. The summed E-state index contributed by atoms with van der Waals surface area (Å²) in [6, 6.07) is 6.98. The predicted octanol–water partition coefficient (Wildman–Crippen LogP) is 7.72. The van der Waals surface area contributed by atoms with Crippen molar-refractivity contribution in [1.82, 2.24) is 19.4 Å². The second-order valence-corrected chi connectivity index (χ2v) is 16.4. The van der Waals surface area contributed by atoms with Gasteiger partial charge >= 0.3 is 12.2 Å². The van der Waals surface area contributed by atoms with Crippen molar-refractivity contribution in [3.05, 3.63) is 48.5 Å². The van der Waals surface area contributed by atoms with Gasteiger partial charge in [-0.1, -0.05) is 17.7 Å². The van der Waals surface area contributed by atoms with Crippen molar-refractivity contribution in [2.75, 3.05) is 19.7 Å². The summed E-state index contributed by atoms with van der Waals surface area (Å²) in [5.74, 6) is 0. The standard InChI is InChI=1S/C20H31NO5S.C16H27N3O2/c1-16-10-12-18(13-11-16)27(23,24)25-15-7-9-17-8-5-6-14-21(17)19(22)26-20(2,3)4;1-16(2,3)21-15(20)19-11-5-4-7-14(19)8-6-10-18-12-9-17-13-18/h10-13,17H,5-9,14-15H2,1-4H3;9,12-14H,4-8,10-11H2,1-3H3. The molecule has 270 valence electrons. The molecule has 0 saturated carbocycles. The molecule has 2 atom stereocenters. The molecule has 2 amide bonds. The van der Waals surface area contributed by atoms with Crippen molar-refractivity contribution in [3.63, 3.8) is 0 Å². The lowest BCUT2D eigenvalue weighted by molar-refractivity contribution is 0.00737. The van der Waals surface area contributed by atoms with Crippen LogP contribution < -0.4 is 0 Å². The number of amides is 2. The van der Waals surface area contributed by atoms with Gasteiger partial charge in [-0.15, -0.1) is 0 Å². The van der Waals surface area contributed by atoms with E-state index in [0.29, 0.717) is 25.4 Å². The Morgan fingerprint density at radius 2 is 1.33 bits per heavy atom. The number of carbonyl (C=O) groups is 2. The lowest BCUT2D eigenvalue weighted by Gasteiger charge is -2.36. The van der Waals surface area contributed by atoms with Gasteiger partial charge in [0.2, 0.25) is 0 Å². The molecule has 2 aliphatic heterocycles. The van der Waals surface area contributed by atoms with E-state index in [9.17, 15) is 18.0 Å². The van der Waals surface area contributed by atoms with Gasteiger partial charge in [-0.25, -0.2) is 14.6 Å². The molecule has 12 heteroatoms. The molecule has 0 bridgehead atoms. The highest BCUT2D eigenvalue weighted by Gasteiger charge is 2.31. The molecule has 3 heterocycles. The smallest absolute Gasteiger partial charge is 0.410 e. The second-order valence-electron chi connectivity index (χ2n) is 14.8. The van der Waals surface area contributed by atoms with Crippen molar-refractivity contribution in [3.8, 4) is 0 Å². The summed E-state index contributed by atoms with van der Waals surface area (Å²) >= 11 is 0. The third-order valence-corrected chi connectivity index (χ3v) is 9.58. The normalized spacial score (nSPS) is 18.9. The molecule has 0 spiro atoms. The maximum atomic E-state index is 12.4. The largest absolute Gasteiger partial charge is 0.444 e. The first-order valence-electron chi connectivity index (χ1n) is 17.5. The molecule has 2 aromatic rings. The highest BCUT2D eigenvalue weighted by molar-refractivity contribution is 7.86. The molecule has 0 aliphatic carbocycles. The molecule has 2 fully saturated rings. The van der Waals surface area contributed by atoms with Crippen LogP contribution in [0.1, 0.15) is 111 Å². The van der Waals surface area contributed by atoms with Crippen LogP contribution in [0.25, 0.3) is 0 Å². The van der Waals surface area contributed by atoms with Crippen LogP contribution in [0.4, 0.5) is 9.59 Å². The summed E-state index contributed by atoms with van der Waals surface area (Å²) in [6.07, 6.45) is 14.8. The van der Waals surface area contributed by atoms with Crippen LogP contribution in [-0.2, 0) is 30.3 Å². The van der Waals surface area contributed by atoms with Crippen molar-refractivity contribution < 1.29 is 31.7 Å². The zero-order chi connectivity index (χ0) is 35.4.